The van der Waals surface area contributed by atoms with E-state index in [-0.39, 0.29) is 48.2 Å². The summed E-state index contributed by atoms with van der Waals surface area (Å²) in [6.07, 6.45) is 1.11. The molecule has 154 valence electrons. The van der Waals surface area contributed by atoms with Gasteiger partial charge < -0.3 is 20.1 Å². The number of hydrogen-bond acceptors (Lipinski definition) is 5. The number of guanidine groups is 1. The van der Waals surface area contributed by atoms with Gasteiger partial charge in [0.25, 0.3) is 0 Å². The summed E-state index contributed by atoms with van der Waals surface area (Å²) in [6, 6.07) is 15.9. The molecule has 3 N–H and O–H groups in total. The Labute approximate surface area is 175 Å². The summed E-state index contributed by atoms with van der Waals surface area (Å²) in [7, 11) is 0. The van der Waals surface area contributed by atoms with Gasteiger partial charge in [-0.1, -0.05) is 42.5 Å². The van der Waals surface area contributed by atoms with Gasteiger partial charge in [-0.3, -0.25) is 10.2 Å². The Morgan fingerprint density at radius 3 is 2.31 bits per heavy atom. The van der Waals surface area contributed by atoms with E-state index < -0.39 is 5.97 Å². The lowest BCUT2D eigenvalue weighted by Gasteiger charge is -2.30. The number of nitrogens with one attached hydrogen (secondary N) is 1. The number of halogens is 1. The van der Waals surface area contributed by atoms with E-state index in [1.54, 1.807) is 29.2 Å². The van der Waals surface area contributed by atoms with Crippen LogP contribution in [-0.4, -0.2) is 35.9 Å². The average molecular weight is 418 g/mol. The zero-order valence-electron chi connectivity index (χ0n) is 15.9. The SMILES string of the molecule is Cl.N=C(N)N1CCC(C(=O)Oc2ccccc2C(=O)OCc2ccccc2)CC1. The minimum Gasteiger partial charge on any atom is -0.457 e. The summed E-state index contributed by atoms with van der Waals surface area (Å²) < 4.78 is 10.9. The smallest absolute Gasteiger partial charge is 0.342 e. The maximum absolute atomic E-state index is 12.5. The number of nitrogens with zero attached hydrogens (tertiary/aromatic N) is 1. The van der Waals surface area contributed by atoms with E-state index >= 15 is 0 Å². The molecule has 8 heteroatoms. The van der Waals surface area contributed by atoms with Gasteiger partial charge in [-0.25, -0.2) is 4.79 Å². The highest BCUT2D eigenvalue weighted by molar-refractivity contribution is 5.93. The molecule has 1 fully saturated rings. The van der Waals surface area contributed by atoms with Gasteiger partial charge in [0, 0.05) is 13.1 Å². The van der Waals surface area contributed by atoms with Gasteiger partial charge in [0.1, 0.15) is 17.9 Å². The maximum atomic E-state index is 12.5. The largest absolute Gasteiger partial charge is 0.457 e. The van der Waals surface area contributed by atoms with E-state index in [2.05, 4.69) is 0 Å². The Kier molecular flexibility index (Phi) is 8.03. The molecule has 0 saturated carbocycles. The normalized spacial score (nSPS) is 13.9. The molecule has 1 saturated heterocycles. The van der Waals surface area contributed by atoms with E-state index in [4.69, 9.17) is 20.6 Å². The van der Waals surface area contributed by atoms with Crippen LogP contribution < -0.4 is 10.5 Å². The van der Waals surface area contributed by atoms with Crippen LogP contribution in [0.25, 0.3) is 0 Å². The van der Waals surface area contributed by atoms with Gasteiger partial charge in [0.2, 0.25) is 0 Å². The van der Waals surface area contributed by atoms with Crippen LogP contribution in [0.5, 0.6) is 5.75 Å². The molecule has 0 spiro atoms. The van der Waals surface area contributed by atoms with Gasteiger partial charge in [0.15, 0.2) is 5.96 Å². The second-order valence-electron chi connectivity index (χ2n) is 6.63. The van der Waals surface area contributed by atoms with Crippen LogP contribution in [0.15, 0.2) is 54.6 Å². The third-order valence-electron chi connectivity index (χ3n) is 4.70. The fraction of sp³-hybridized carbons (Fsp3) is 0.286. The number of hydrogen-bond donors (Lipinski definition) is 2. The molecular formula is C21H24ClN3O4. The van der Waals surface area contributed by atoms with Crippen molar-refractivity contribution >= 4 is 30.3 Å². The minimum absolute atomic E-state index is 0. The highest BCUT2D eigenvalue weighted by Crippen LogP contribution is 2.24. The summed E-state index contributed by atoms with van der Waals surface area (Å²) in [5.74, 6) is -1.01. The van der Waals surface area contributed by atoms with Gasteiger partial charge in [-0.15, -0.1) is 12.4 Å². The zero-order chi connectivity index (χ0) is 19.9. The molecule has 1 aliphatic heterocycles. The molecule has 3 rings (SSSR count). The Balaban J connectivity index is 0.00000300. The molecule has 29 heavy (non-hydrogen) atoms. The molecule has 2 aromatic carbocycles. The van der Waals surface area contributed by atoms with Crippen molar-refractivity contribution in [3.8, 4) is 5.75 Å². The monoisotopic (exact) mass is 417 g/mol. The lowest BCUT2D eigenvalue weighted by molar-refractivity contribution is -0.140. The molecule has 0 radical (unpaired) electrons. The Bertz CT molecular complexity index is 852. The van der Waals surface area contributed by atoms with Crippen LogP contribution >= 0.6 is 12.4 Å². The van der Waals surface area contributed by atoms with Crippen molar-refractivity contribution in [2.75, 3.05) is 13.1 Å². The predicted octanol–water partition coefficient (Wildman–Crippen LogP) is 2.98. The number of esters is 2. The highest BCUT2D eigenvalue weighted by Gasteiger charge is 2.28. The Morgan fingerprint density at radius 2 is 1.66 bits per heavy atom. The van der Waals surface area contributed by atoms with Crippen LogP contribution in [0.3, 0.4) is 0 Å². The van der Waals surface area contributed by atoms with E-state index in [0.29, 0.717) is 25.9 Å². The first-order chi connectivity index (χ1) is 13.5. The van der Waals surface area contributed by atoms with E-state index in [1.807, 2.05) is 30.3 Å². The second-order valence-corrected chi connectivity index (χ2v) is 6.63. The van der Waals surface area contributed by atoms with Gasteiger partial charge in [-0.05, 0) is 30.5 Å². The number of rotatable bonds is 5. The summed E-state index contributed by atoms with van der Waals surface area (Å²) in [5.41, 5.74) is 6.57. The number of carbonyl (C=O) groups excluding carboxylic acids is 2. The van der Waals surface area contributed by atoms with Crippen LogP contribution in [0.1, 0.15) is 28.8 Å². The molecule has 0 aromatic heterocycles. The number of carbonyl (C=O) groups is 2. The summed E-state index contributed by atoms with van der Waals surface area (Å²) in [6.45, 7) is 1.22. The summed E-state index contributed by atoms with van der Waals surface area (Å²) in [5, 5.41) is 7.45. The number of likely N-dealkylation sites (tertiary alicyclic amines) is 1. The van der Waals surface area contributed by atoms with Gasteiger partial charge in [0.05, 0.1) is 5.92 Å². The molecule has 0 aliphatic carbocycles. The minimum atomic E-state index is -0.543. The summed E-state index contributed by atoms with van der Waals surface area (Å²) in [4.78, 5) is 26.7. The molecule has 2 aromatic rings. The third-order valence-corrected chi connectivity index (χ3v) is 4.70. The second kappa shape index (κ2) is 10.5. The van der Waals surface area contributed by atoms with Crippen LogP contribution in [-0.2, 0) is 16.1 Å². The van der Waals surface area contributed by atoms with E-state index in [0.717, 1.165) is 5.56 Å². The molecule has 7 nitrogen and oxygen atoms in total. The van der Waals surface area contributed by atoms with Crippen molar-refractivity contribution < 1.29 is 19.1 Å². The number of piperidine rings is 1. The summed E-state index contributed by atoms with van der Waals surface area (Å²) >= 11 is 0. The van der Waals surface area contributed by atoms with Crippen molar-refractivity contribution in [1.82, 2.24) is 4.90 Å². The lowest BCUT2D eigenvalue weighted by atomic mass is 9.97. The molecule has 0 bridgehead atoms. The number of para-hydroxylation sites is 1. The van der Waals surface area contributed by atoms with Crippen molar-refractivity contribution in [1.29, 1.82) is 5.41 Å². The molecule has 1 heterocycles. The van der Waals surface area contributed by atoms with Crippen LogP contribution in [0, 0.1) is 11.3 Å². The molecule has 1 aliphatic rings. The zero-order valence-corrected chi connectivity index (χ0v) is 16.7. The standard InChI is InChI=1S/C21H23N3O4.ClH/c22-21(23)24-12-10-16(11-13-24)19(25)28-18-9-5-4-8-17(18)20(26)27-14-15-6-2-1-3-7-15;/h1-9,16H,10-14H2,(H3,22,23);1H. The highest BCUT2D eigenvalue weighted by atomic mass is 35.5. The molecule has 0 atom stereocenters. The van der Waals surface area contributed by atoms with Crippen molar-refractivity contribution in [2.45, 2.75) is 19.4 Å². The Morgan fingerprint density at radius 1 is 1.03 bits per heavy atom. The van der Waals surface area contributed by atoms with Crippen molar-refractivity contribution in [2.24, 2.45) is 11.7 Å². The Hall–Kier alpha value is -3.06. The van der Waals surface area contributed by atoms with E-state index in [1.165, 1.54) is 0 Å². The van der Waals surface area contributed by atoms with Crippen LogP contribution in [0.2, 0.25) is 0 Å². The third kappa shape index (κ3) is 5.96. The fourth-order valence-corrected chi connectivity index (χ4v) is 3.07. The lowest BCUT2D eigenvalue weighted by Crippen LogP contribution is -2.44. The number of ether oxygens (including phenoxy) is 2. The first-order valence-electron chi connectivity index (χ1n) is 9.15. The van der Waals surface area contributed by atoms with Crippen molar-refractivity contribution in [3.05, 3.63) is 65.7 Å². The first-order valence-corrected chi connectivity index (χ1v) is 9.15. The van der Waals surface area contributed by atoms with Crippen LogP contribution in [0.4, 0.5) is 0 Å². The first kappa shape index (κ1) is 22.2. The van der Waals surface area contributed by atoms with Gasteiger partial charge >= 0.3 is 11.9 Å². The van der Waals surface area contributed by atoms with Gasteiger partial charge in [-0.2, -0.15) is 0 Å². The average Bonchev–Trinajstić information content (AvgIpc) is 2.73. The topological polar surface area (TPSA) is 106 Å². The quantitative estimate of drug-likeness (QED) is 0.335. The fourth-order valence-electron chi connectivity index (χ4n) is 3.07. The molecule has 0 unspecified atom stereocenters. The number of benzene rings is 2. The molecule has 0 amide bonds. The molecular weight excluding hydrogens is 394 g/mol. The number of nitrogens with two attached hydrogens (primary N) is 1. The van der Waals surface area contributed by atoms with Crippen molar-refractivity contribution in [3.63, 3.8) is 0 Å². The predicted molar refractivity (Wildman–Crippen MR) is 111 cm³/mol. The maximum Gasteiger partial charge on any atom is 0.342 e. The van der Waals surface area contributed by atoms with E-state index in [9.17, 15) is 9.59 Å².